The Morgan fingerprint density at radius 1 is 1.00 bits per heavy atom. The molecule has 6 heteroatoms. The van der Waals surface area contributed by atoms with Gasteiger partial charge in [-0.2, -0.15) is 0 Å². The predicted octanol–water partition coefficient (Wildman–Crippen LogP) is 5.97. The fourth-order valence-electron chi connectivity index (χ4n) is 1.85. The molecule has 0 bridgehead atoms. The van der Waals surface area contributed by atoms with Gasteiger partial charge >= 0.3 is 0 Å². The summed E-state index contributed by atoms with van der Waals surface area (Å²) in [5, 5.41) is 1.86. The Bertz CT molecular complexity index is 824. The van der Waals surface area contributed by atoms with Crippen LogP contribution in [0.1, 0.15) is 0 Å². The van der Waals surface area contributed by atoms with Crippen LogP contribution in [-0.4, -0.2) is 9.97 Å². The second kappa shape index (κ2) is 5.75. The van der Waals surface area contributed by atoms with Crippen LogP contribution in [0.2, 0.25) is 10.2 Å². The molecule has 100 valence electrons. The van der Waals surface area contributed by atoms with Crippen LogP contribution in [0, 0.1) is 3.57 Å². The van der Waals surface area contributed by atoms with Crippen molar-refractivity contribution in [2.45, 2.75) is 0 Å². The van der Waals surface area contributed by atoms with Crippen molar-refractivity contribution in [1.29, 1.82) is 0 Å². The van der Waals surface area contributed by atoms with E-state index in [0.29, 0.717) is 16.0 Å². The molecule has 2 aromatic carbocycles. The van der Waals surface area contributed by atoms with E-state index in [1.54, 1.807) is 6.07 Å². The van der Waals surface area contributed by atoms with Gasteiger partial charge in [-0.05, 0) is 59.0 Å². The first-order valence-corrected chi connectivity index (χ1v) is 8.25. The summed E-state index contributed by atoms with van der Waals surface area (Å²) in [7, 11) is 0. The number of halogens is 4. The summed E-state index contributed by atoms with van der Waals surface area (Å²) in [6.07, 6.45) is 0. The minimum absolute atomic E-state index is 0.430. The quantitative estimate of drug-likeness (QED) is 0.317. The highest BCUT2D eigenvalue weighted by molar-refractivity contribution is 14.1. The standard InChI is InChI=1S/C14H6BrCl2IN2/c15-7-1-3-11(16)9(5-7)14-19-12-4-2-8(18)6-10(12)13(17)20-14/h1-6H. The number of rotatable bonds is 1. The van der Waals surface area contributed by atoms with Crippen LogP contribution >= 0.6 is 61.7 Å². The number of benzene rings is 2. The lowest BCUT2D eigenvalue weighted by molar-refractivity contribution is 1.22. The monoisotopic (exact) mass is 478 g/mol. The molecular weight excluding hydrogens is 474 g/mol. The van der Waals surface area contributed by atoms with E-state index in [2.05, 4.69) is 48.5 Å². The normalized spacial score (nSPS) is 11.0. The van der Waals surface area contributed by atoms with Gasteiger partial charge in [0.25, 0.3) is 0 Å². The largest absolute Gasteiger partial charge is 0.228 e. The Balaban J connectivity index is 2.27. The number of nitrogens with zero attached hydrogens (tertiary/aromatic N) is 2. The van der Waals surface area contributed by atoms with Crippen LogP contribution in [0.5, 0.6) is 0 Å². The van der Waals surface area contributed by atoms with Crippen molar-refractivity contribution in [3.05, 3.63) is 54.6 Å². The van der Waals surface area contributed by atoms with E-state index in [1.165, 1.54) is 0 Å². The molecule has 0 spiro atoms. The molecule has 0 saturated heterocycles. The molecule has 3 rings (SSSR count). The minimum atomic E-state index is 0.430. The SMILES string of the molecule is Clc1ccc(Br)cc1-c1nc(Cl)c2cc(I)ccc2n1. The highest BCUT2D eigenvalue weighted by Crippen LogP contribution is 2.31. The summed E-state index contributed by atoms with van der Waals surface area (Å²) in [6, 6.07) is 11.4. The molecular formula is C14H6BrCl2IN2. The van der Waals surface area contributed by atoms with Gasteiger partial charge in [0.2, 0.25) is 0 Å². The molecule has 3 aromatic rings. The van der Waals surface area contributed by atoms with Crippen LogP contribution in [0.25, 0.3) is 22.3 Å². The van der Waals surface area contributed by atoms with Gasteiger partial charge in [0.15, 0.2) is 5.82 Å². The van der Waals surface area contributed by atoms with Crippen LogP contribution in [-0.2, 0) is 0 Å². The third kappa shape index (κ3) is 2.79. The third-order valence-corrected chi connectivity index (χ3v) is 4.56. The lowest BCUT2D eigenvalue weighted by Gasteiger charge is -2.07. The molecule has 2 nitrogen and oxygen atoms in total. The molecule has 1 aromatic heterocycles. The summed E-state index contributed by atoms with van der Waals surface area (Å²) >= 11 is 18.1. The van der Waals surface area contributed by atoms with Crippen LogP contribution in [0.15, 0.2) is 40.9 Å². The van der Waals surface area contributed by atoms with E-state index in [9.17, 15) is 0 Å². The van der Waals surface area contributed by atoms with Gasteiger partial charge in [-0.1, -0.05) is 39.1 Å². The number of fused-ring (bicyclic) bond motifs is 1. The molecule has 0 N–H and O–H groups in total. The highest BCUT2D eigenvalue weighted by atomic mass is 127. The Labute approximate surface area is 147 Å². The molecule has 0 fully saturated rings. The van der Waals surface area contributed by atoms with Crippen LogP contribution in [0.3, 0.4) is 0 Å². The second-order valence-electron chi connectivity index (χ2n) is 4.12. The molecule has 0 unspecified atom stereocenters. The zero-order valence-corrected chi connectivity index (χ0v) is 15.1. The van der Waals surface area contributed by atoms with Crippen molar-refractivity contribution in [1.82, 2.24) is 9.97 Å². The smallest absolute Gasteiger partial charge is 0.163 e. The average Bonchev–Trinajstić information content (AvgIpc) is 2.42. The predicted molar refractivity (Wildman–Crippen MR) is 95.4 cm³/mol. The molecule has 0 amide bonds. The van der Waals surface area contributed by atoms with Gasteiger partial charge in [0.1, 0.15) is 5.15 Å². The van der Waals surface area contributed by atoms with E-state index in [0.717, 1.165) is 24.5 Å². The molecule has 0 radical (unpaired) electrons. The lowest BCUT2D eigenvalue weighted by atomic mass is 10.2. The molecule has 1 heterocycles. The molecule has 0 aliphatic heterocycles. The van der Waals surface area contributed by atoms with Gasteiger partial charge in [0.05, 0.1) is 10.5 Å². The summed E-state index contributed by atoms with van der Waals surface area (Å²) in [4.78, 5) is 8.91. The van der Waals surface area contributed by atoms with E-state index in [1.807, 2.05) is 30.3 Å². The van der Waals surface area contributed by atoms with Gasteiger partial charge < -0.3 is 0 Å². The van der Waals surface area contributed by atoms with E-state index < -0.39 is 0 Å². The Hall–Kier alpha value is -0.430. The van der Waals surface area contributed by atoms with Gasteiger partial charge in [-0.15, -0.1) is 0 Å². The average molecular weight is 480 g/mol. The first-order chi connectivity index (χ1) is 9.54. The summed E-state index contributed by atoms with van der Waals surface area (Å²) in [6.45, 7) is 0. The van der Waals surface area contributed by atoms with Crippen molar-refractivity contribution in [3.63, 3.8) is 0 Å². The topological polar surface area (TPSA) is 25.8 Å². The minimum Gasteiger partial charge on any atom is -0.228 e. The van der Waals surface area contributed by atoms with Crippen molar-refractivity contribution in [2.75, 3.05) is 0 Å². The summed E-state index contributed by atoms with van der Waals surface area (Å²) in [5.41, 5.74) is 1.56. The van der Waals surface area contributed by atoms with Gasteiger partial charge in [-0.3, -0.25) is 0 Å². The zero-order valence-electron chi connectivity index (χ0n) is 9.87. The van der Waals surface area contributed by atoms with Gasteiger partial charge in [-0.25, -0.2) is 9.97 Å². The molecule has 0 aliphatic rings. The fraction of sp³-hybridized carbons (Fsp3) is 0. The highest BCUT2D eigenvalue weighted by Gasteiger charge is 2.11. The Morgan fingerprint density at radius 2 is 1.80 bits per heavy atom. The third-order valence-electron chi connectivity index (χ3n) is 2.78. The van der Waals surface area contributed by atoms with E-state index >= 15 is 0 Å². The van der Waals surface area contributed by atoms with Gasteiger partial charge in [0, 0.05) is 19.0 Å². The molecule has 0 aliphatic carbocycles. The first kappa shape index (κ1) is 14.5. The number of hydrogen-bond donors (Lipinski definition) is 0. The lowest BCUT2D eigenvalue weighted by Crippen LogP contribution is -1.93. The molecule has 0 saturated carbocycles. The van der Waals surface area contributed by atoms with Crippen molar-refractivity contribution < 1.29 is 0 Å². The first-order valence-electron chi connectivity index (χ1n) is 5.63. The fourth-order valence-corrected chi connectivity index (χ4v) is 3.14. The van der Waals surface area contributed by atoms with E-state index in [-0.39, 0.29) is 0 Å². The zero-order chi connectivity index (χ0) is 14.3. The maximum atomic E-state index is 6.27. The Morgan fingerprint density at radius 3 is 2.60 bits per heavy atom. The summed E-state index contributed by atoms with van der Waals surface area (Å²) < 4.78 is 2.01. The maximum absolute atomic E-state index is 6.27. The summed E-state index contributed by atoms with van der Waals surface area (Å²) in [5.74, 6) is 0.523. The molecule has 0 atom stereocenters. The number of hydrogen-bond acceptors (Lipinski definition) is 2. The second-order valence-corrected chi connectivity index (χ2v) is 7.05. The van der Waals surface area contributed by atoms with Crippen molar-refractivity contribution in [3.8, 4) is 11.4 Å². The van der Waals surface area contributed by atoms with Crippen LogP contribution in [0.4, 0.5) is 0 Å². The Kier molecular flexibility index (Phi) is 4.17. The van der Waals surface area contributed by atoms with Crippen molar-refractivity contribution >= 4 is 72.6 Å². The molecule has 20 heavy (non-hydrogen) atoms. The van der Waals surface area contributed by atoms with Crippen molar-refractivity contribution in [2.24, 2.45) is 0 Å². The maximum Gasteiger partial charge on any atom is 0.163 e. The van der Waals surface area contributed by atoms with E-state index in [4.69, 9.17) is 23.2 Å². The number of aromatic nitrogens is 2. The van der Waals surface area contributed by atoms with Crippen LogP contribution < -0.4 is 0 Å².